The topological polar surface area (TPSA) is 80.7 Å². The lowest BCUT2D eigenvalue weighted by atomic mass is 10.2. The summed E-state index contributed by atoms with van der Waals surface area (Å²) in [4.78, 5) is 11.3. The molecule has 0 spiro atoms. The molecule has 6 nitrogen and oxygen atoms in total. The largest absolute Gasteiger partial charge is 0.522 e. The number of ether oxygens (including phenoxy) is 1. The van der Waals surface area contributed by atoms with Gasteiger partial charge in [-0.15, -0.1) is 0 Å². The SMILES string of the molecule is COC(=O)c1ccc([N+](C)(C)C)cc1Cl.O=S(=O)(O)C(F)(F)F. The fraction of sp³-hybridized carbons (Fsp3) is 0.417. The van der Waals surface area contributed by atoms with E-state index < -0.39 is 21.6 Å². The van der Waals surface area contributed by atoms with Crippen molar-refractivity contribution in [1.29, 1.82) is 0 Å². The Labute approximate surface area is 136 Å². The molecule has 1 aromatic rings. The maximum atomic E-state index is 11.3. The van der Waals surface area contributed by atoms with E-state index in [0.717, 1.165) is 5.69 Å². The van der Waals surface area contributed by atoms with Gasteiger partial charge in [0.1, 0.15) is 5.69 Å². The second-order valence-corrected chi connectivity index (χ2v) is 6.91. The fourth-order valence-corrected chi connectivity index (χ4v) is 1.45. The van der Waals surface area contributed by atoms with Crippen molar-refractivity contribution in [2.75, 3.05) is 28.3 Å². The molecule has 0 aliphatic heterocycles. The van der Waals surface area contributed by atoms with E-state index in [9.17, 15) is 18.0 Å². The lowest BCUT2D eigenvalue weighted by Crippen LogP contribution is -2.34. The number of halogens is 4. The molecule has 1 aromatic carbocycles. The van der Waals surface area contributed by atoms with Gasteiger partial charge < -0.3 is 4.74 Å². The van der Waals surface area contributed by atoms with Crippen LogP contribution in [-0.4, -0.2) is 52.7 Å². The Balaban J connectivity index is 0.000000515. The van der Waals surface area contributed by atoms with Crippen molar-refractivity contribution in [3.8, 4) is 0 Å². The molecule has 0 radical (unpaired) electrons. The molecule has 132 valence electrons. The maximum Gasteiger partial charge on any atom is 0.522 e. The van der Waals surface area contributed by atoms with Crippen LogP contribution < -0.4 is 4.48 Å². The Morgan fingerprint density at radius 2 is 1.70 bits per heavy atom. The number of esters is 1. The Hall–Kier alpha value is -1.36. The molecule has 0 aliphatic rings. The Kier molecular flexibility index (Phi) is 7.03. The van der Waals surface area contributed by atoms with Crippen LogP contribution in [0.25, 0.3) is 0 Å². The molecular weight excluding hydrogens is 363 g/mol. The number of carbonyl (C=O) groups excluding carboxylic acids is 1. The van der Waals surface area contributed by atoms with Crippen molar-refractivity contribution in [2.45, 2.75) is 5.51 Å². The van der Waals surface area contributed by atoms with Crippen LogP contribution in [0.2, 0.25) is 5.02 Å². The molecule has 0 saturated heterocycles. The number of carbonyl (C=O) groups is 1. The third-order valence-corrected chi connectivity index (χ3v) is 3.32. The molecule has 0 aliphatic carbocycles. The fourth-order valence-electron chi connectivity index (χ4n) is 1.20. The molecular formula is C12H16ClF3NO5S+. The molecule has 11 heteroatoms. The minimum absolute atomic E-state index is 0.399. The van der Waals surface area contributed by atoms with Gasteiger partial charge in [-0.2, -0.15) is 21.6 Å². The first-order valence-corrected chi connectivity index (χ1v) is 7.66. The first kappa shape index (κ1) is 21.6. The summed E-state index contributed by atoms with van der Waals surface area (Å²) in [5.41, 5.74) is -4.10. The lowest BCUT2D eigenvalue weighted by molar-refractivity contribution is -0.0510. The first-order chi connectivity index (χ1) is 10.1. The summed E-state index contributed by atoms with van der Waals surface area (Å²) in [7, 11) is 1.59. The predicted molar refractivity (Wildman–Crippen MR) is 80.0 cm³/mol. The summed E-state index contributed by atoms with van der Waals surface area (Å²) in [6.45, 7) is 0. The molecule has 0 atom stereocenters. The molecule has 23 heavy (non-hydrogen) atoms. The third-order valence-electron chi connectivity index (χ3n) is 2.43. The highest BCUT2D eigenvalue weighted by Gasteiger charge is 2.44. The highest BCUT2D eigenvalue weighted by atomic mass is 35.5. The Morgan fingerprint density at radius 3 is 1.96 bits per heavy atom. The molecule has 0 heterocycles. The summed E-state index contributed by atoms with van der Waals surface area (Å²) in [5.74, 6) is -0.409. The maximum absolute atomic E-state index is 11.3. The van der Waals surface area contributed by atoms with Crippen molar-refractivity contribution in [1.82, 2.24) is 4.48 Å². The number of quaternary nitrogens is 1. The summed E-state index contributed by atoms with van der Waals surface area (Å²) in [5, 5.41) is 0.424. The van der Waals surface area contributed by atoms with Gasteiger partial charge >= 0.3 is 21.6 Å². The number of hydrogen-bond donors (Lipinski definition) is 1. The molecule has 0 unspecified atom stereocenters. The second-order valence-electron chi connectivity index (χ2n) is 5.09. The van der Waals surface area contributed by atoms with E-state index in [-0.39, 0.29) is 0 Å². The average molecular weight is 379 g/mol. The Bertz CT molecular complexity index is 668. The zero-order chi connectivity index (χ0) is 18.6. The highest BCUT2D eigenvalue weighted by molar-refractivity contribution is 7.86. The van der Waals surface area contributed by atoms with Gasteiger partial charge in [0.25, 0.3) is 0 Å². The number of rotatable bonds is 2. The van der Waals surface area contributed by atoms with Crippen LogP contribution >= 0.6 is 11.6 Å². The molecule has 0 amide bonds. The van der Waals surface area contributed by atoms with Crippen LogP contribution in [0.5, 0.6) is 0 Å². The van der Waals surface area contributed by atoms with Crippen LogP contribution in [0.15, 0.2) is 18.2 Å². The smallest absolute Gasteiger partial charge is 0.465 e. The van der Waals surface area contributed by atoms with Crippen LogP contribution in [-0.2, 0) is 14.9 Å². The zero-order valence-corrected chi connectivity index (χ0v) is 14.3. The van der Waals surface area contributed by atoms with E-state index in [2.05, 4.69) is 4.74 Å². The van der Waals surface area contributed by atoms with Crippen LogP contribution in [0.1, 0.15) is 10.4 Å². The van der Waals surface area contributed by atoms with Gasteiger partial charge in [0.2, 0.25) is 0 Å². The zero-order valence-electron chi connectivity index (χ0n) is 12.7. The quantitative estimate of drug-likeness (QED) is 0.370. The standard InChI is InChI=1S/C11H15ClNO2.CHF3O3S/c1-13(2,3)8-5-6-9(10(12)7-8)11(14)15-4;2-1(3,4)8(5,6)7/h5-7H,1-4H3;(H,5,6,7)/q+1;. The van der Waals surface area contributed by atoms with E-state index >= 15 is 0 Å². The minimum atomic E-state index is -5.84. The number of methoxy groups -OCH3 is 1. The highest BCUT2D eigenvalue weighted by Crippen LogP contribution is 2.25. The van der Waals surface area contributed by atoms with Crippen LogP contribution in [0.4, 0.5) is 18.9 Å². The normalized spacial score (nSPS) is 12.2. The predicted octanol–water partition coefficient (Wildman–Crippen LogP) is 2.72. The van der Waals surface area contributed by atoms with Crippen molar-refractivity contribution >= 4 is 33.4 Å². The number of hydrogen-bond acceptors (Lipinski definition) is 4. The van der Waals surface area contributed by atoms with Crippen molar-refractivity contribution in [3.05, 3.63) is 28.8 Å². The molecule has 1 rings (SSSR count). The van der Waals surface area contributed by atoms with E-state index in [1.807, 2.05) is 27.2 Å². The van der Waals surface area contributed by atoms with E-state index in [0.29, 0.717) is 15.1 Å². The lowest BCUT2D eigenvalue weighted by Gasteiger charge is -2.23. The monoisotopic (exact) mass is 378 g/mol. The summed E-state index contributed by atoms with van der Waals surface area (Å²) < 4.78 is 62.8. The number of alkyl halides is 3. The third kappa shape index (κ3) is 6.73. The van der Waals surface area contributed by atoms with Gasteiger partial charge in [0, 0.05) is 12.1 Å². The molecule has 0 aromatic heterocycles. The average Bonchev–Trinajstić information content (AvgIpc) is 2.35. The van der Waals surface area contributed by atoms with Crippen LogP contribution in [0, 0.1) is 0 Å². The van der Waals surface area contributed by atoms with Gasteiger partial charge in [-0.1, -0.05) is 11.6 Å². The molecule has 1 N–H and O–H groups in total. The van der Waals surface area contributed by atoms with E-state index in [1.54, 1.807) is 12.1 Å². The Morgan fingerprint density at radius 1 is 1.26 bits per heavy atom. The van der Waals surface area contributed by atoms with Crippen molar-refractivity contribution in [2.24, 2.45) is 0 Å². The summed E-state index contributed by atoms with van der Waals surface area (Å²) in [6, 6.07) is 5.35. The molecule has 0 saturated carbocycles. The van der Waals surface area contributed by atoms with Crippen LogP contribution in [0.3, 0.4) is 0 Å². The van der Waals surface area contributed by atoms with Gasteiger partial charge in [-0.3, -0.25) is 9.04 Å². The van der Waals surface area contributed by atoms with Crippen molar-refractivity contribution < 1.29 is 35.7 Å². The first-order valence-electron chi connectivity index (χ1n) is 5.85. The second kappa shape index (κ2) is 7.47. The van der Waals surface area contributed by atoms with E-state index in [1.165, 1.54) is 7.11 Å². The van der Waals surface area contributed by atoms with Gasteiger partial charge in [-0.25, -0.2) is 4.79 Å². The molecule has 0 fully saturated rings. The van der Waals surface area contributed by atoms with Gasteiger partial charge in [0.05, 0.1) is 38.8 Å². The van der Waals surface area contributed by atoms with E-state index in [4.69, 9.17) is 24.6 Å². The summed E-state index contributed by atoms with van der Waals surface area (Å²) >= 11 is 6.00. The number of benzene rings is 1. The molecule has 0 bridgehead atoms. The number of nitrogens with zero attached hydrogens (tertiary/aromatic N) is 1. The van der Waals surface area contributed by atoms with Gasteiger partial charge in [0.15, 0.2) is 0 Å². The van der Waals surface area contributed by atoms with Gasteiger partial charge in [-0.05, 0) is 6.07 Å². The van der Waals surface area contributed by atoms with Crippen molar-refractivity contribution in [3.63, 3.8) is 0 Å². The summed E-state index contributed by atoms with van der Waals surface area (Å²) in [6.07, 6.45) is 0. The minimum Gasteiger partial charge on any atom is -0.465 e.